The Bertz CT molecular complexity index is 784. The molecule has 0 atom stereocenters. The number of rotatable bonds is 3. The molecular formula is C15H18N6O2S. The molecule has 0 amide bonds. The molecule has 0 bridgehead atoms. The smallest absolute Gasteiger partial charge is 0.271 e. The molecule has 8 nitrogen and oxygen atoms in total. The van der Waals surface area contributed by atoms with Gasteiger partial charge < -0.3 is 4.90 Å². The lowest BCUT2D eigenvalue weighted by molar-refractivity contribution is -0.384. The lowest BCUT2D eigenvalue weighted by atomic mass is 10.2. The van der Waals surface area contributed by atoms with Gasteiger partial charge in [-0.05, 0) is 13.1 Å². The van der Waals surface area contributed by atoms with Crippen LogP contribution in [0.15, 0.2) is 23.1 Å². The third kappa shape index (κ3) is 2.79. The lowest BCUT2D eigenvalue weighted by Crippen LogP contribution is -2.44. The second-order valence-electron chi connectivity index (χ2n) is 6.15. The maximum Gasteiger partial charge on any atom is 0.271 e. The Morgan fingerprint density at radius 1 is 1.25 bits per heavy atom. The van der Waals surface area contributed by atoms with Crippen molar-refractivity contribution in [3.63, 3.8) is 0 Å². The van der Waals surface area contributed by atoms with Gasteiger partial charge in [-0.15, -0.1) is 22.0 Å². The van der Waals surface area contributed by atoms with Crippen molar-refractivity contribution in [2.24, 2.45) is 0 Å². The minimum Gasteiger partial charge on any atom is -0.304 e. The first-order valence-corrected chi connectivity index (χ1v) is 8.86. The van der Waals surface area contributed by atoms with Crippen molar-refractivity contribution in [3.8, 4) is 5.69 Å². The molecule has 0 spiro atoms. The van der Waals surface area contributed by atoms with Crippen LogP contribution in [0.4, 0.5) is 5.69 Å². The summed E-state index contributed by atoms with van der Waals surface area (Å²) < 4.78 is 2.00. The highest BCUT2D eigenvalue weighted by atomic mass is 32.2. The molecule has 2 aliphatic rings. The average molecular weight is 346 g/mol. The highest BCUT2D eigenvalue weighted by Gasteiger charge is 2.25. The van der Waals surface area contributed by atoms with E-state index in [1.54, 1.807) is 23.9 Å². The number of non-ortho nitro benzene ring substituents is 1. The zero-order valence-electron chi connectivity index (χ0n) is 13.4. The van der Waals surface area contributed by atoms with E-state index < -0.39 is 0 Å². The molecule has 9 heteroatoms. The van der Waals surface area contributed by atoms with Crippen LogP contribution in [0.1, 0.15) is 11.6 Å². The van der Waals surface area contributed by atoms with Gasteiger partial charge in [0.2, 0.25) is 0 Å². The predicted molar refractivity (Wildman–Crippen MR) is 90.3 cm³/mol. The van der Waals surface area contributed by atoms with E-state index in [1.807, 2.05) is 10.6 Å². The van der Waals surface area contributed by atoms with Crippen molar-refractivity contribution in [2.75, 3.05) is 33.2 Å². The number of aromatic nitrogens is 3. The van der Waals surface area contributed by atoms with Crippen molar-refractivity contribution in [2.45, 2.75) is 17.2 Å². The molecule has 1 saturated heterocycles. The molecule has 1 aromatic carbocycles. The predicted octanol–water partition coefficient (Wildman–Crippen LogP) is 1.53. The van der Waals surface area contributed by atoms with Gasteiger partial charge in [0.05, 0.1) is 22.9 Å². The van der Waals surface area contributed by atoms with Crippen molar-refractivity contribution >= 4 is 17.4 Å². The van der Waals surface area contributed by atoms with Crippen LogP contribution in [-0.4, -0.2) is 62.7 Å². The quantitative estimate of drug-likeness (QED) is 0.616. The minimum absolute atomic E-state index is 0.0986. The summed E-state index contributed by atoms with van der Waals surface area (Å²) in [6.07, 6.45) is 0. The molecule has 0 saturated carbocycles. The topological polar surface area (TPSA) is 80.3 Å². The van der Waals surface area contributed by atoms with Gasteiger partial charge in [0.1, 0.15) is 5.82 Å². The van der Waals surface area contributed by atoms with E-state index in [2.05, 4.69) is 27.0 Å². The Morgan fingerprint density at radius 2 is 2.04 bits per heavy atom. The fourth-order valence-corrected chi connectivity index (χ4v) is 4.03. The van der Waals surface area contributed by atoms with E-state index in [1.165, 1.54) is 0 Å². The fraction of sp³-hybridized carbons (Fsp3) is 0.467. The van der Waals surface area contributed by atoms with Crippen molar-refractivity contribution in [1.29, 1.82) is 0 Å². The van der Waals surface area contributed by atoms with Crippen molar-refractivity contribution in [1.82, 2.24) is 24.6 Å². The van der Waals surface area contributed by atoms with Crippen LogP contribution in [0.25, 0.3) is 5.69 Å². The van der Waals surface area contributed by atoms with Crippen LogP contribution in [-0.2, 0) is 12.3 Å². The van der Waals surface area contributed by atoms with Gasteiger partial charge in [-0.2, -0.15) is 0 Å². The summed E-state index contributed by atoms with van der Waals surface area (Å²) >= 11 is 1.65. The highest BCUT2D eigenvalue weighted by molar-refractivity contribution is 7.98. The third-order valence-corrected chi connectivity index (χ3v) is 5.57. The Labute approximate surface area is 143 Å². The fourth-order valence-electron chi connectivity index (χ4n) is 3.09. The van der Waals surface area contributed by atoms with Crippen LogP contribution in [0, 0.1) is 10.1 Å². The first-order chi connectivity index (χ1) is 11.6. The average Bonchev–Trinajstić information content (AvgIpc) is 3.00. The molecule has 2 aliphatic heterocycles. The number of hydrogen-bond acceptors (Lipinski definition) is 7. The van der Waals surface area contributed by atoms with E-state index in [0.717, 1.165) is 54.2 Å². The van der Waals surface area contributed by atoms with E-state index >= 15 is 0 Å². The molecule has 24 heavy (non-hydrogen) atoms. The van der Waals surface area contributed by atoms with Crippen LogP contribution in [0.5, 0.6) is 0 Å². The summed E-state index contributed by atoms with van der Waals surface area (Å²) in [6.45, 7) is 4.79. The summed E-state index contributed by atoms with van der Waals surface area (Å²) in [7, 11) is 2.13. The monoisotopic (exact) mass is 346 g/mol. The lowest BCUT2D eigenvalue weighted by Gasteiger charge is -2.32. The number of likely N-dealkylation sites (N-methyl/N-ethyl adjacent to an activating group) is 1. The zero-order chi connectivity index (χ0) is 16.7. The molecule has 3 heterocycles. The Kier molecular flexibility index (Phi) is 3.99. The normalized spacial score (nSPS) is 18.2. The van der Waals surface area contributed by atoms with Crippen LogP contribution < -0.4 is 0 Å². The molecule has 1 aromatic heterocycles. The largest absolute Gasteiger partial charge is 0.304 e. The number of nitro groups is 1. The van der Waals surface area contributed by atoms with Crippen molar-refractivity contribution < 1.29 is 4.92 Å². The number of hydrogen-bond donors (Lipinski definition) is 0. The summed E-state index contributed by atoms with van der Waals surface area (Å²) in [5.74, 6) is 2.45. The number of nitrogens with zero attached hydrogens (tertiary/aromatic N) is 6. The molecule has 1 fully saturated rings. The third-order valence-electron chi connectivity index (χ3n) is 4.51. The maximum atomic E-state index is 11.1. The second-order valence-corrected chi connectivity index (χ2v) is 7.16. The Balaban J connectivity index is 1.67. The summed E-state index contributed by atoms with van der Waals surface area (Å²) in [4.78, 5) is 16.5. The molecule has 126 valence electrons. The van der Waals surface area contributed by atoms with Gasteiger partial charge in [-0.3, -0.25) is 19.6 Å². The molecule has 2 aromatic rings. The Morgan fingerprint density at radius 3 is 2.79 bits per heavy atom. The summed E-state index contributed by atoms with van der Waals surface area (Å²) in [5.41, 5.74) is 0.922. The first-order valence-electron chi connectivity index (χ1n) is 7.87. The van der Waals surface area contributed by atoms with Gasteiger partial charge in [0.15, 0.2) is 5.82 Å². The SMILES string of the molecule is CN1CCN(Cc2nnc3n2-c2cc([N+](=O)[O-])ccc2SC3)CC1. The summed E-state index contributed by atoms with van der Waals surface area (Å²) in [5, 5.41) is 19.8. The molecule has 4 rings (SSSR count). The molecule has 0 N–H and O–H groups in total. The number of fused-ring (bicyclic) bond motifs is 3. The van der Waals surface area contributed by atoms with Gasteiger partial charge in [-0.25, -0.2) is 0 Å². The van der Waals surface area contributed by atoms with E-state index in [0.29, 0.717) is 6.54 Å². The maximum absolute atomic E-state index is 11.1. The van der Waals surface area contributed by atoms with Gasteiger partial charge in [0.25, 0.3) is 5.69 Å². The van der Waals surface area contributed by atoms with Gasteiger partial charge in [0, 0.05) is 43.2 Å². The van der Waals surface area contributed by atoms with E-state index in [-0.39, 0.29) is 10.6 Å². The van der Waals surface area contributed by atoms with Crippen molar-refractivity contribution in [3.05, 3.63) is 40.0 Å². The summed E-state index contributed by atoms with van der Waals surface area (Å²) in [6, 6.07) is 5.00. The van der Waals surface area contributed by atoms with E-state index in [4.69, 9.17) is 0 Å². The highest BCUT2D eigenvalue weighted by Crippen LogP contribution is 2.37. The molecular weight excluding hydrogens is 328 g/mol. The van der Waals surface area contributed by atoms with E-state index in [9.17, 15) is 10.1 Å². The number of thioether (sulfide) groups is 1. The molecule has 0 unspecified atom stereocenters. The Hall–Kier alpha value is -1.97. The number of piperazine rings is 1. The van der Waals surface area contributed by atoms with Gasteiger partial charge >= 0.3 is 0 Å². The minimum atomic E-state index is -0.357. The zero-order valence-corrected chi connectivity index (χ0v) is 14.2. The van der Waals surface area contributed by atoms with Crippen LogP contribution >= 0.6 is 11.8 Å². The van der Waals surface area contributed by atoms with Gasteiger partial charge in [-0.1, -0.05) is 0 Å². The van der Waals surface area contributed by atoms with Crippen LogP contribution in [0.3, 0.4) is 0 Å². The van der Waals surface area contributed by atoms with Crippen LogP contribution in [0.2, 0.25) is 0 Å². The number of nitro benzene ring substituents is 1. The molecule has 0 aliphatic carbocycles. The first kappa shape index (κ1) is 15.6. The number of benzene rings is 1. The molecule has 0 radical (unpaired) electrons. The standard InChI is InChI=1S/C15H18N6O2S/c1-18-4-6-19(7-5-18)9-14-16-17-15-10-24-13-3-2-11(21(22)23)8-12(13)20(14)15/h2-3,8H,4-7,9-10H2,1H3. The second kappa shape index (κ2) is 6.15.